The second-order valence-electron chi connectivity index (χ2n) is 2.86. The van der Waals surface area contributed by atoms with Gasteiger partial charge in [-0.15, -0.1) is 0 Å². The van der Waals surface area contributed by atoms with Crippen molar-refractivity contribution >= 4 is 11.8 Å². The number of nitrogens with one attached hydrogen (secondary N) is 2. The van der Waals surface area contributed by atoms with E-state index in [9.17, 15) is 9.59 Å². The fourth-order valence-electron chi connectivity index (χ4n) is 0.740. The quantitative estimate of drug-likeness (QED) is 0.426. The molecule has 1 unspecified atom stereocenters. The zero-order valence-corrected chi connectivity index (χ0v) is 8.50. The van der Waals surface area contributed by atoms with Crippen molar-refractivity contribution in [1.82, 2.24) is 10.6 Å². The van der Waals surface area contributed by atoms with Gasteiger partial charge in [0.15, 0.2) is 0 Å². The van der Waals surface area contributed by atoms with Gasteiger partial charge < -0.3 is 21.1 Å². The van der Waals surface area contributed by atoms with Crippen LogP contribution in [0, 0.1) is 0 Å². The number of carbonyl (C=O) groups is 2. The highest BCUT2D eigenvalue weighted by Gasteiger charge is 2.10. The van der Waals surface area contributed by atoms with Crippen molar-refractivity contribution in [2.24, 2.45) is 5.73 Å². The van der Waals surface area contributed by atoms with Gasteiger partial charge in [-0.25, -0.2) is 0 Å². The first-order chi connectivity index (χ1) is 6.57. The summed E-state index contributed by atoms with van der Waals surface area (Å²) >= 11 is 0. The highest BCUT2D eigenvalue weighted by atomic mass is 16.5. The van der Waals surface area contributed by atoms with Crippen LogP contribution in [0.15, 0.2) is 0 Å². The maximum atomic E-state index is 11.1. The van der Waals surface area contributed by atoms with Crippen LogP contribution < -0.4 is 16.4 Å². The molecular formula is C8H17N3O3. The molecule has 0 radical (unpaired) electrons. The van der Waals surface area contributed by atoms with E-state index in [0.29, 0.717) is 13.2 Å². The number of methoxy groups -OCH3 is 1. The zero-order chi connectivity index (χ0) is 11.0. The van der Waals surface area contributed by atoms with Gasteiger partial charge in [-0.3, -0.25) is 9.59 Å². The summed E-state index contributed by atoms with van der Waals surface area (Å²) in [5.41, 5.74) is 4.97. The van der Waals surface area contributed by atoms with Crippen LogP contribution in [0.1, 0.15) is 6.92 Å². The predicted octanol–water partition coefficient (Wildman–Crippen LogP) is -1.79. The maximum absolute atomic E-state index is 11.1. The lowest BCUT2D eigenvalue weighted by molar-refractivity contribution is -0.126. The highest BCUT2D eigenvalue weighted by molar-refractivity contribution is 5.86. The van der Waals surface area contributed by atoms with Gasteiger partial charge in [0, 0.05) is 13.7 Å². The minimum absolute atomic E-state index is 0.154. The molecule has 1 atom stereocenters. The van der Waals surface area contributed by atoms with Crippen LogP contribution in [-0.2, 0) is 14.3 Å². The lowest BCUT2D eigenvalue weighted by Crippen LogP contribution is -2.45. The van der Waals surface area contributed by atoms with Crippen LogP contribution in [0.5, 0.6) is 0 Å². The Hall–Kier alpha value is -1.14. The molecule has 0 aliphatic heterocycles. The molecule has 6 nitrogen and oxygen atoms in total. The predicted molar refractivity (Wildman–Crippen MR) is 51.5 cm³/mol. The molecular weight excluding hydrogens is 186 g/mol. The number of nitrogens with two attached hydrogens (primary N) is 1. The Kier molecular flexibility index (Phi) is 6.69. The van der Waals surface area contributed by atoms with Crippen LogP contribution in [0.25, 0.3) is 0 Å². The van der Waals surface area contributed by atoms with E-state index in [1.54, 1.807) is 7.11 Å². The van der Waals surface area contributed by atoms with E-state index < -0.39 is 11.9 Å². The molecule has 0 fully saturated rings. The molecule has 6 heteroatoms. The van der Waals surface area contributed by atoms with Crippen LogP contribution in [0.4, 0.5) is 0 Å². The topological polar surface area (TPSA) is 93.4 Å². The van der Waals surface area contributed by atoms with Crippen molar-refractivity contribution in [1.29, 1.82) is 0 Å². The second kappa shape index (κ2) is 7.28. The first-order valence-corrected chi connectivity index (χ1v) is 4.36. The van der Waals surface area contributed by atoms with Gasteiger partial charge in [0.25, 0.3) is 0 Å². The van der Waals surface area contributed by atoms with Gasteiger partial charge in [0.1, 0.15) is 6.04 Å². The standard InChI is InChI=1S/C8H17N3O3/c1-6(8(9)13)11-7(12)5-10-3-4-14-2/h6,10H,3-5H2,1-2H3,(H2,9,13)(H,11,12). The Labute approximate surface area is 83.2 Å². The number of carbonyl (C=O) groups excluding carboxylic acids is 2. The van der Waals surface area contributed by atoms with Crippen LogP contribution in [0.2, 0.25) is 0 Å². The molecule has 2 amide bonds. The van der Waals surface area contributed by atoms with Crippen molar-refractivity contribution in [2.75, 3.05) is 26.8 Å². The van der Waals surface area contributed by atoms with E-state index in [-0.39, 0.29) is 12.5 Å². The number of ether oxygens (including phenoxy) is 1. The average molecular weight is 203 g/mol. The zero-order valence-electron chi connectivity index (χ0n) is 8.50. The van der Waals surface area contributed by atoms with E-state index >= 15 is 0 Å². The summed E-state index contributed by atoms with van der Waals surface area (Å²) in [7, 11) is 1.58. The summed E-state index contributed by atoms with van der Waals surface area (Å²) in [4.78, 5) is 21.7. The summed E-state index contributed by atoms with van der Waals surface area (Å²) < 4.78 is 4.77. The highest BCUT2D eigenvalue weighted by Crippen LogP contribution is 1.78. The third-order valence-corrected chi connectivity index (χ3v) is 1.57. The number of hydrogen-bond acceptors (Lipinski definition) is 4. The van der Waals surface area contributed by atoms with Gasteiger partial charge in [0.05, 0.1) is 13.2 Å². The minimum Gasteiger partial charge on any atom is -0.383 e. The molecule has 0 aliphatic carbocycles. The molecule has 0 aromatic heterocycles. The molecule has 14 heavy (non-hydrogen) atoms. The van der Waals surface area contributed by atoms with Crippen molar-refractivity contribution in [3.05, 3.63) is 0 Å². The summed E-state index contributed by atoms with van der Waals surface area (Å²) in [5.74, 6) is -0.803. The third kappa shape index (κ3) is 6.38. The molecule has 0 aromatic carbocycles. The average Bonchev–Trinajstić information content (AvgIpc) is 2.12. The molecule has 0 aliphatic rings. The summed E-state index contributed by atoms with van der Waals surface area (Å²) in [5, 5.41) is 5.28. The van der Waals surface area contributed by atoms with Crippen LogP contribution >= 0.6 is 0 Å². The second-order valence-corrected chi connectivity index (χ2v) is 2.86. The number of amides is 2. The molecule has 4 N–H and O–H groups in total. The van der Waals surface area contributed by atoms with Gasteiger partial charge in [0.2, 0.25) is 11.8 Å². The van der Waals surface area contributed by atoms with Crippen molar-refractivity contribution in [3.63, 3.8) is 0 Å². The third-order valence-electron chi connectivity index (χ3n) is 1.57. The Bertz CT molecular complexity index is 196. The molecule has 0 spiro atoms. The Morgan fingerprint density at radius 1 is 1.50 bits per heavy atom. The lowest BCUT2D eigenvalue weighted by atomic mass is 10.3. The fourth-order valence-corrected chi connectivity index (χ4v) is 0.740. The van der Waals surface area contributed by atoms with Crippen molar-refractivity contribution in [2.45, 2.75) is 13.0 Å². The maximum Gasteiger partial charge on any atom is 0.239 e. The molecule has 82 valence electrons. The first-order valence-electron chi connectivity index (χ1n) is 4.36. The van der Waals surface area contributed by atoms with E-state index in [4.69, 9.17) is 10.5 Å². The van der Waals surface area contributed by atoms with Gasteiger partial charge in [-0.1, -0.05) is 0 Å². The molecule has 0 aromatic rings. The summed E-state index contributed by atoms with van der Waals surface area (Å²) in [6, 6.07) is -0.633. The fraction of sp³-hybridized carbons (Fsp3) is 0.750. The summed E-state index contributed by atoms with van der Waals surface area (Å²) in [6.07, 6.45) is 0. The molecule has 0 bridgehead atoms. The van der Waals surface area contributed by atoms with Crippen LogP contribution in [0.3, 0.4) is 0 Å². The normalized spacial score (nSPS) is 12.1. The van der Waals surface area contributed by atoms with Gasteiger partial charge in [-0.2, -0.15) is 0 Å². The monoisotopic (exact) mass is 203 g/mol. The van der Waals surface area contributed by atoms with Crippen LogP contribution in [-0.4, -0.2) is 44.7 Å². The molecule has 0 saturated carbocycles. The Balaban J connectivity index is 3.50. The minimum atomic E-state index is -0.633. The Morgan fingerprint density at radius 3 is 2.64 bits per heavy atom. The largest absolute Gasteiger partial charge is 0.383 e. The smallest absolute Gasteiger partial charge is 0.239 e. The number of primary amides is 1. The number of hydrogen-bond donors (Lipinski definition) is 3. The van der Waals surface area contributed by atoms with E-state index in [2.05, 4.69) is 10.6 Å². The molecule has 0 rings (SSSR count). The first kappa shape index (κ1) is 12.9. The SMILES string of the molecule is COCCNCC(=O)NC(C)C(N)=O. The Morgan fingerprint density at radius 2 is 2.14 bits per heavy atom. The van der Waals surface area contributed by atoms with E-state index in [1.807, 2.05) is 0 Å². The molecule has 0 saturated heterocycles. The number of rotatable bonds is 7. The van der Waals surface area contributed by atoms with Crippen molar-refractivity contribution < 1.29 is 14.3 Å². The molecule has 0 heterocycles. The summed E-state index contributed by atoms with van der Waals surface area (Å²) in [6.45, 7) is 2.82. The van der Waals surface area contributed by atoms with E-state index in [0.717, 1.165) is 0 Å². The van der Waals surface area contributed by atoms with Gasteiger partial charge in [-0.05, 0) is 6.92 Å². The lowest BCUT2D eigenvalue weighted by Gasteiger charge is -2.10. The van der Waals surface area contributed by atoms with Gasteiger partial charge >= 0.3 is 0 Å². The van der Waals surface area contributed by atoms with E-state index in [1.165, 1.54) is 6.92 Å². The van der Waals surface area contributed by atoms with Crippen molar-refractivity contribution in [3.8, 4) is 0 Å².